The number of methoxy groups -OCH3 is 3. The van der Waals surface area contributed by atoms with Crippen LogP contribution in [0, 0.1) is 5.92 Å². The number of nitrogens with zero attached hydrogens (tertiary/aromatic N) is 1. The predicted octanol–water partition coefficient (Wildman–Crippen LogP) is 2.96. The van der Waals surface area contributed by atoms with Crippen molar-refractivity contribution in [2.45, 2.75) is 17.7 Å². The van der Waals surface area contributed by atoms with E-state index in [0.29, 0.717) is 12.8 Å². The summed E-state index contributed by atoms with van der Waals surface area (Å²) < 4.78 is 42.4. The van der Waals surface area contributed by atoms with E-state index in [2.05, 4.69) is 5.32 Å². The smallest absolute Gasteiger partial charge is 0.337 e. The normalized spacial score (nSPS) is 16.3. The zero-order valence-electron chi connectivity index (χ0n) is 19.4. The van der Waals surface area contributed by atoms with Gasteiger partial charge in [-0.25, -0.2) is 18.0 Å². The van der Waals surface area contributed by atoms with Crippen molar-refractivity contribution in [1.29, 1.82) is 0 Å². The van der Waals surface area contributed by atoms with Crippen molar-refractivity contribution in [2.75, 3.05) is 39.7 Å². The van der Waals surface area contributed by atoms with Crippen molar-refractivity contribution in [3.63, 3.8) is 0 Å². The monoisotopic (exact) mass is 524 g/mol. The molecule has 2 aromatic rings. The number of anilines is 1. The third kappa shape index (κ3) is 5.92. The van der Waals surface area contributed by atoms with Crippen LogP contribution in [0.5, 0.6) is 5.75 Å². The molecule has 0 aliphatic carbocycles. The third-order valence-electron chi connectivity index (χ3n) is 5.54. The van der Waals surface area contributed by atoms with E-state index < -0.39 is 33.8 Å². The molecule has 1 aliphatic rings. The summed E-state index contributed by atoms with van der Waals surface area (Å²) in [7, 11) is -0.243. The van der Waals surface area contributed by atoms with Crippen LogP contribution in [0.25, 0.3) is 0 Å². The first-order chi connectivity index (χ1) is 16.6. The van der Waals surface area contributed by atoms with Crippen molar-refractivity contribution in [2.24, 2.45) is 5.92 Å². The third-order valence-corrected chi connectivity index (χ3v) is 7.66. The first-order valence-corrected chi connectivity index (χ1v) is 12.4. The minimum atomic E-state index is -3.99. The minimum Gasteiger partial charge on any atom is -0.495 e. The van der Waals surface area contributed by atoms with Gasteiger partial charge >= 0.3 is 11.9 Å². The number of hydrogen-bond acceptors (Lipinski definition) is 8. The highest BCUT2D eigenvalue weighted by molar-refractivity contribution is 7.89. The molecule has 0 saturated carbocycles. The summed E-state index contributed by atoms with van der Waals surface area (Å²) in [6.07, 6.45) is 0.904. The summed E-state index contributed by atoms with van der Waals surface area (Å²) in [5, 5.41) is 2.91. The van der Waals surface area contributed by atoms with Gasteiger partial charge in [-0.15, -0.1) is 0 Å². The number of rotatable bonds is 7. The highest BCUT2D eigenvalue weighted by Gasteiger charge is 2.35. The zero-order valence-corrected chi connectivity index (χ0v) is 20.9. The van der Waals surface area contributed by atoms with E-state index in [1.54, 1.807) is 0 Å². The summed E-state index contributed by atoms with van der Waals surface area (Å²) in [6.45, 7) is 0.163. The van der Waals surface area contributed by atoms with Crippen LogP contribution < -0.4 is 10.1 Å². The van der Waals surface area contributed by atoms with Gasteiger partial charge in [0.05, 0.1) is 38.4 Å². The Hall–Kier alpha value is -3.15. The summed E-state index contributed by atoms with van der Waals surface area (Å²) in [4.78, 5) is 37.0. The fourth-order valence-electron chi connectivity index (χ4n) is 3.78. The van der Waals surface area contributed by atoms with Crippen LogP contribution in [-0.2, 0) is 24.3 Å². The maximum atomic E-state index is 13.3. The van der Waals surface area contributed by atoms with Gasteiger partial charge in [0.15, 0.2) is 0 Å². The Balaban J connectivity index is 1.83. The summed E-state index contributed by atoms with van der Waals surface area (Å²) >= 11 is 6.01. The number of piperidine rings is 1. The average Bonchev–Trinajstić information content (AvgIpc) is 2.87. The van der Waals surface area contributed by atoms with Crippen molar-refractivity contribution >= 4 is 45.2 Å². The Morgan fingerprint density at radius 3 is 2.20 bits per heavy atom. The molecule has 0 radical (unpaired) electrons. The van der Waals surface area contributed by atoms with Gasteiger partial charge in [-0.05, 0) is 49.2 Å². The lowest BCUT2D eigenvalue weighted by Crippen LogP contribution is -2.43. The van der Waals surface area contributed by atoms with Gasteiger partial charge in [-0.2, -0.15) is 4.31 Å². The molecule has 0 aromatic heterocycles. The molecule has 0 unspecified atom stereocenters. The van der Waals surface area contributed by atoms with E-state index in [-0.39, 0.29) is 45.6 Å². The van der Waals surface area contributed by atoms with E-state index in [9.17, 15) is 22.8 Å². The number of esters is 2. The second-order valence-electron chi connectivity index (χ2n) is 7.77. The minimum absolute atomic E-state index is 0.0478. The number of halogens is 1. The van der Waals surface area contributed by atoms with Gasteiger partial charge < -0.3 is 19.5 Å². The van der Waals surface area contributed by atoms with Gasteiger partial charge in [0.1, 0.15) is 10.6 Å². The summed E-state index contributed by atoms with van der Waals surface area (Å²) in [5.74, 6) is -2.38. The molecular formula is C23H25ClN2O8S. The molecule has 1 aliphatic heterocycles. The number of sulfonamides is 1. The first kappa shape index (κ1) is 26.5. The van der Waals surface area contributed by atoms with Crippen LogP contribution in [-0.4, -0.2) is 65.0 Å². The molecule has 1 saturated heterocycles. The Bertz CT molecular complexity index is 1210. The van der Waals surface area contributed by atoms with Crippen LogP contribution in [0.4, 0.5) is 5.69 Å². The molecule has 2 aromatic carbocycles. The fraction of sp³-hybridized carbons (Fsp3) is 0.348. The molecule has 1 heterocycles. The number of benzene rings is 2. The lowest BCUT2D eigenvalue weighted by atomic mass is 9.98. The van der Waals surface area contributed by atoms with Gasteiger partial charge in [-0.3, -0.25) is 4.79 Å². The number of carbonyl (C=O) groups is 3. The number of hydrogen-bond donors (Lipinski definition) is 1. The van der Waals surface area contributed by atoms with Gasteiger partial charge in [0.2, 0.25) is 15.9 Å². The second-order valence-corrected chi connectivity index (χ2v) is 10.1. The number of ether oxygens (including phenoxy) is 3. The van der Waals surface area contributed by atoms with E-state index in [4.69, 9.17) is 25.8 Å². The quantitative estimate of drug-likeness (QED) is 0.547. The molecule has 3 rings (SSSR count). The molecule has 1 N–H and O–H groups in total. The summed E-state index contributed by atoms with van der Waals surface area (Å²) in [6, 6.07) is 8.33. The SMILES string of the molecule is COC(=O)c1cc(NC(=O)[C@H]2CCCN(S(=O)(=O)c3cc(Cl)ccc3OC)C2)cc(C(=O)OC)c1. The van der Waals surface area contributed by atoms with E-state index in [1.165, 1.54) is 62.0 Å². The largest absolute Gasteiger partial charge is 0.495 e. The molecule has 1 fully saturated rings. The van der Waals surface area contributed by atoms with E-state index >= 15 is 0 Å². The maximum Gasteiger partial charge on any atom is 0.337 e. The Kier molecular flexibility index (Phi) is 8.36. The van der Waals surface area contributed by atoms with Gasteiger partial charge in [-0.1, -0.05) is 11.6 Å². The van der Waals surface area contributed by atoms with Gasteiger partial charge in [0.25, 0.3) is 0 Å². The van der Waals surface area contributed by atoms with Crippen LogP contribution in [0.1, 0.15) is 33.6 Å². The number of carbonyl (C=O) groups excluding carboxylic acids is 3. The second kappa shape index (κ2) is 11.1. The Morgan fingerprint density at radius 1 is 1.00 bits per heavy atom. The van der Waals surface area contributed by atoms with Crippen molar-refractivity contribution in [1.82, 2.24) is 4.31 Å². The molecular weight excluding hydrogens is 500 g/mol. The molecule has 35 heavy (non-hydrogen) atoms. The van der Waals surface area contributed by atoms with Crippen molar-refractivity contribution < 1.29 is 37.0 Å². The lowest BCUT2D eigenvalue weighted by molar-refractivity contribution is -0.120. The zero-order chi connectivity index (χ0) is 25.8. The van der Waals surface area contributed by atoms with Crippen LogP contribution in [0.3, 0.4) is 0 Å². The van der Waals surface area contributed by atoms with Crippen LogP contribution in [0.2, 0.25) is 5.02 Å². The molecule has 12 heteroatoms. The lowest BCUT2D eigenvalue weighted by Gasteiger charge is -2.31. The average molecular weight is 525 g/mol. The standard InChI is InChI=1S/C23H25ClN2O8S/c1-32-19-7-6-17(24)12-20(19)35(30,31)26-8-4-5-14(13-26)21(27)25-18-10-15(22(28)33-2)9-16(11-18)23(29)34-3/h6-7,9-12,14H,4-5,8,13H2,1-3H3,(H,25,27)/t14-/m0/s1. The number of amides is 1. The van der Waals surface area contributed by atoms with Crippen molar-refractivity contribution in [3.8, 4) is 5.75 Å². The Morgan fingerprint density at radius 2 is 1.63 bits per heavy atom. The molecule has 1 amide bonds. The maximum absolute atomic E-state index is 13.3. The van der Waals surface area contributed by atoms with Gasteiger partial charge in [0, 0.05) is 23.8 Å². The fourth-order valence-corrected chi connectivity index (χ4v) is 5.72. The molecule has 0 bridgehead atoms. The van der Waals surface area contributed by atoms with Crippen LogP contribution in [0.15, 0.2) is 41.3 Å². The van der Waals surface area contributed by atoms with E-state index in [1.807, 2.05) is 0 Å². The first-order valence-electron chi connectivity index (χ1n) is 10.6. The molecule has 10 nitrogen and oxygen atoms in total. The Labute approximate surface area is 208 Å². The highest BCUT2D eigenvalue weighted by Crippen LogP contribution is 2.32. The number of nitrogens with one attached hydrogen (secondary N) is 1. The van der Waals surface area contributed by atoms with E-state index in [0.717, 1.165) is 0 Å². The predicted molar refractivity (Wildman–Crippen MR) is 127 cm³/mol. The van der Waals surface area contributed by atoms with Crippen LogP contribution >= 0.6 is 11.6 Å². The highest BCUT2D eigenvalue weighted by atomic mass is 35.5. The molecule has 188 valence electrons. The topological polar surface area (TPSA) is 128 Å². The van der Waals surface area contributed by atoms with Crippen molar-refractivity contribution in [3.05, 3.63) is 52.5 Å². The summed E-state index contributed by atoms with van der Waals surface area (Å²) in [5.41, 5.74) is 0.271. The molecule has 1 atom stereocenters. The molecule has 0 spiro atoms.